The lowest BCUT2D eigenvalue weighted by Gasteiger charge is -2.01. The Hall–Kier alpha value is -0.300. The minimum Gasteiger partial charge on any atom is -0.330 e. The summed E-state index contributed by atoms with van der Waals surface area (Å²) in [7, 11) is 0. The molecule has 0 amide bonds. The van der Waals surface area contributed by atoms with Gasteiger partial charge in [0.25, 0.3) is 0 Å². The van der Waals surface area contributed by atoms with Crippen LogP contribution in [0.25, 0.3) is 0 Å². The molecule has 0 saturated carbocycles. The molecule has 0 spiro atoms. The van der Waals surface area contributed by atoms with Crippen LogP contribution in [0.4, 0.5) is 0 Å². The zero-order valence-electron chi connectivity index (χ0n) is 13.3. The largest absolute Gasteiger partial charge is 0.330 e. The van der Waals surface area contributed by atoms with Gasteiger partial charge in [-0.1, -0.05) is 83.3 Å². The zero-order chi connectivity index (χ0) is 14.0. The maximum Gasteiger partial charge on any atom is -0.00743 e. The van der Waals surface area contributed by atoms with Crippen LogP contribution in [0.1, 0.15) is 96.8 Å². The van der Waals surface area contributed by atoms with E-state index in [0.29, 0.717) is 0 Å². The van der Waals surface area contributed by atoms with Crippen molar-refractivity contribution in [1.29, 1.82) is 0 Å². The lowest BCUT2D eigenvalue weighted by Crippen LogP contribution is -1.96. The van der Waals surface area contributed by atoms with E-state index in [1.54, 1.807) is 0 Å². The Kier molecular flexibility index (Phi) is 17.4. The molecule has 0 aromatic heterocycles. The van der Waals surface area contributed by atoms with Crippen LogP contribution in [0.5, 0.6) is 0 Å². The van der Waals surface area contributed by atoms with Crippen molar-refractivity contribution in [3.05, 3.63) is 12.2 Å². The molecule has 1 heteroatoms. The molecule has 0 aliphatic rings. The zero-order valence-corrected chi connectivity index (χ0v) is 13.3. The number of hydrogen-bond acceptors (Lipinski definition) is 1. The summed E-state index contributed by atoms with van der Waals surface area (Å²) < 4.78 is 0. The highest BCUT2D eigenvalue weighted by atomic mass is 14.5. The molecule has 0 rings (SSSR count). The van der Waals surface area contributed by atoms with Crippen LogP contribution in [-0.2, 0) is 0 Å². The summed E-state index contributed by atoms with van der Waals surface area (Å²) in [6.45, 7) is 3.11. The Morgan fingerprint density at radius 3 is 1.47 bits per heavy atom. The number of hydrogen-bond donors (Lipinski definition) is 1. The summed E-state index contributed by atoms with van der Waals surface area (Å²) in [5.74, 6) is 0. The Bertz CT molecular complexity index is 175. The van der Waals surface area contributed by atoms with Crippen LogP contribution >= 0.6 is 0 Å². The summed E-state index contributed by atoms with van der Waals surface area (Å²) in [5.41, 5.74) is 5.45. The SMILES string of the molecule is CCCCCCCCCCCCCC=CCCCN. The normalized spacial score (nSPS) is 11.5. The predicted molar refractivity (Wildman–Crippen MR) is 88.5 cm³/mol. The fourth-order valence-corrected chi connectivity index (χ4v) is 2.40. The summed E-state index contributed by atoms with van der Waals surface area (Å²) in [6.07, 6.45) is 23.9. The first-order valence-corrected chi connectivity index (χ1v) is 8.77. The molecule has 0 bridgehead atoms. The van der Waals surface area contributed by atoms with Gasteiger partial charge in [-0.05, 0) is 32.2 Å². The monoisotopic (exact) mass is 267 g/mol. The smallest absolute Gasteiger partial charge is 0.00743 e. The van der Waals surface area contributed by atoms with Crippen molar-refractivity contribution >= 4 is 0 Å². The Morgan fingerprint density at radius 2 is 1.00 bits per heavy atom. The highest BCUT2D eigenvalue weighted by molar-refractivity contribution is 4.81. The minimum atomic E-state index is 0.822. The van der Waals surface area contributed by atoms with E-state index in [2.05, 4.69) is 19.1 Å². The third kappa shape index (κ3) is 17.7. The molecule has 114 valence electrons. The Balaban J connectivity index is 2.97. The van der Waals surface area contributed by atoms with Crippen molar-refractivity contribution in [2.75, 3.05) is 6.54 Å². The van der Waals surface area contributed by atoms with E-state index in [9.17, 15) is 0 Å². The van der Waals surface area contributed by atoms with E-state index in [4.69, 9.17) is 5.73 Å². The summed E-state index contributed by atoms with van der Waals surface area (Å²) in [6, 6.07) is 0. The molecule has 0 heterocycles. The first kappa shape index (κ1) is 18.7. The topological polar surface area (TPSA) is 26.0 Å². The van der Waals surface area contributed by atoms with Crippen LogP contribution in [-0.4, -0.2) is 6.54 Å². The maximum absolute atomic E-state index is 5.45. The minimum absolute atomic E-state index is 0.822. The molecule has 0 unspecified atom stereocenters. The van der Waals surface area contributed by atoms with E-state index in [1.807, 2.05) is 0 Å². The Labute approximate surface area is 122 Å². The van der Waals surface area contributed by atoms with E-state index in [-0.39, 0.29) is 0 Å². The average molecular weight is 268 g/mol. The van der Waals surface area contributed by atoms with Crippen LogP contribution < -0.4 is 5.73 Å². The van der Waals surface area contributed by atoms with E-state index >= 15 is 0 Å². The van der Waals surface area contributed by atoms with Gasteiger partial charge in [0.2, 0.25) is 0 Å². The van der Waals surface area contributed by atoms with E-state index in [1.165, 1.54) is 77.0 Å². The molecule has 1 nitrogen and oxygen atoms in total. The van der Waals surface area contributed by atoms with E-state index < -0.39 is 0 Å². The predicted octanol–water partition coefficient (Wildman–Crippen LogP) is 5.98. The van der Waals surface area contributed by atoms with Gasteiger partial charge in [-0.3, -0.25) is 0 Å². The van der Waals surface area contributed by atoms with Gasteiger partial charge in [0.1, 0.15) is 0 Å². The van der Waals surface area contributed by atoms with Gasteiger partial charge in [0, 0.05) is 0 Å². The highest BCUT2D eigenvalue weighted by Gasteiger charge is 1.92. The second-order valence-electron chi connectivity index (χ2n) is 5.73. The lowest BCUT2D eigenvalue weighted by molar-refractivity contribution is 0.550. The molecule has 0 fully saturated rings. The number of rotatable bonds is 15. The lowest BCUT2D eigenvalue weighted by atomic mass is 10.1. The van der Waals surface area contributed by atoms with Crippen LogP contribution in [0.3, 0.4) is 0 Å². The molecular weight excluding hydrogens is 230 g/mol. The molecule has 0 atom stereocenters. The third-order valence-electron chi connectivity index (χ3n) is 3.72. The van der Waals surface area contributed by atoms with Crippen LogP contribution in [0.15, 0.2) is 12.2 Å². The fourth-order valence-electron chi connectivity index (χ4n) is 2.40. The van der Waals surface area contributed by atoms with Gasteiger partial charge in [-0.25, -0.2) is 0 Å². The van der Waals surface area contributed by atoms with Gasteiger partial charge < -0.3 is 5.73 Å². The molecule has 0 aliphatic carbocycles. The number of unbranched alkanes of at least 4 members (excludes halogenated alkanes) is 12. The third-order valence-corrected chi connectivity index (χ3v) is 3.72. The van der Waals surface area contributed by atoms with Crippen LogP contribution in [0, 0.1) is 0 Å². The number of allylic oxidation sites excluding steroid dienone is 2. The highest BCUT2D eigenvalue weighted by Crippen LogP contribution is 2.12. The molecule has 2 N–H and O–H groups in total. The summed E-state index contributed by atoms with van der Waals surface area (Å²) in [4.78, 5) is 0. The second kappa shape index (κ2) is 17.7. The average Bonchev–Trinajstić information content (AvgIpc) is 2.43. The standard InChI is InChI=1S/C18H37N/c1-2-3-4-5-6-7-8-9-10-11-12-13-14-15-16-17-18-19/h14-15H,2-13,16-19H2,1H3. The van der Waals surface area contributed by atoms with E-state index in [0.717, 1.165) is 19.4 Å². The van der Waals surface area contributed by atoms with Gasteiger partial charge in [0.15, 0.2) is 0 Å². The van der Waals surface area contributed by atoms with Crippen LogP contribution in [0.2, 0.25) is 0 Å². The Morgan fingerprint density at radius 1 is 0.579 bits per heavy atom. The number of nitrogens with two attached hydrogens (primary N) is 1. The first-order chi connectivity index (χ1) is 9.41. The van der Waals surface area contributed by atoms with Crippen molar-refractivity contribution < 1.29 is 0 Å². The van der Waals surface area contributed by atoms with Crippen molar-refractivity contribution in [3.63, 3.8) is 0 Å². The van der Waals surface area contributed by atoms with Crippen molar-refractivity contribution in [2.24, 2.45) is 5.73 Å². The van der Waals surface area contributed by atoms with Crippen molar-refractivity contribution in [2.45, 2.75) is 96.8 Å². The first-order valence-electron chi connectivity index (χ1n) is 8.77. The van der Waals surface area contributed by atoms with Gasteiger partial charge in [-0.2, -0.15) is 0 Å². The molecule has 0 aromatic carbocycles. The summed E-state index contributed by atoms with van der Waals surface area (Å²) >= 11 is 0. The maximum atomic E-state index is 5.45. The van der Waals surface area contributed by atoms with Crippen molar-refractivity contribution in [1.82, 2.24) is 0 Å². The summed E-state index contributed by atoms with van der Waals surface area (Å²) in [5, 5.41) is 0. The quantitative estimate of drug-likeness (QED) is 0.286. The molecule has 0 aromatic rings. The van der Waals surface area contributed by atoms with Gasteiger partial charge >= 0.3 is 0 Å². The second-order valence-corrected chi connectivity index (χ2v) is 5.73. The molecule has 0 radical (unpaired) electrons. The molecular formula is C18H37N. The molecule has 19 heavy (non-hydrogen) atoms. The molecule has 0 saturated heterocycles. The fraction of sp³-hybridized carbons (Fsp3) is 0.889. The molecule has 0 aliphatic heterocycles. The van der Waals surface area contributed by atoms with Gasteiger partial charge in [0.05, 0.1) is 0 Å². The van der Waals surface area contributed by atoms with Gasteiger partial charge in [-0.15, -0.1) is 0 Å². The van der Waals surface area contributed by atoms with Crippen molar-refractivity contribution in [3.8, 4) is 0 Å².